The number of carbonyl (C=O) groups is 1. The topological polar surface area (TPSA) is 95.6 Å². The number of nitrogens with two attached hydrogens (primary N) is 1. The van der Waals surface area contributed by atoms with Gasteiger partial charge in [0, 0.05) is 18.7 Å². The lowest BCUT2D eigenvalue weighted by Crippen LogP contribution is -2.22. The van der Waals surface area contributed by atoms with E-state index in [9.17, 15) is 15.0 Å². The molecule has 0 unspecified atom stereocenters. The molecule has 0 atom stereocenters. The van der Waals surface area contributed by atoms with Crippen molar-refractivity contribution in [3.63, 3.8) is 0 Å². The summed E-state index contributed by atoms with van der Waals surface area (Å²) < 4.78 is 0. The van der Waals surface area contributed by atoms with Crippen LogP contribution < -0.4 is 11.1 Å². The van der Waals surface area contributed by atoms with Gasteiger partial charge in [-0.1, -0.05) is 24.3 Å². The number of carbonyl (C=O) groups excluding carboxylic acids is 1. The number of nitrogens with one attached hydrogen (secondary N) is 1. The lowest BCUT2D eigenvalue weighted by atomic mass is 10.1. The summed E-state index contributed by atoms with van der Waals surface area (Å²) in [6, 6.07) is 11.6. The maximum Gasteiger partial charge on any atom is 0.251 e. The lowest BCUT2D eigenvalue weighted by molar-refractivity contribution is 0.0950. The normalized spacial score (nSPS) is 10.2. The van der Waals surface area contributed by atoms with E-state index in [-0.39, 0.29) is 23.0 Å². The Morgan fingerprint density at radius 2 is 1.80 bits per heavy atom. The highest BCUT2D eigenvalue weighted by Crippen LogP contribution is 2.24. The highest BCUT2D eigenvalue weighted by atomic mass is 16.3. The van der Waals surface area contributed by atoms with Crippen LogP contribution in [-0.4, -0.2) is 16.1 Å². The van der Waals surface area contributed by atoms with Crippen molar-refractivity contribution in [2.24, 2.45) is 5.73 Å². The van der Waals surface area contributed by atoms with Gasteiger partial charge in [-0.2, -0.15) is 0 Å². The first-order valence-corrected chi connectivity index (χ1v) is 6.18. The fraction of sp³-hybridized carbons (Fsp3) is 0.133. The van der Waals surface area contributed by atoms with Gasteiger partial charge in [-0.25, -0.2) is 0 Å². The predicted molar refractivity (Wildman–Crippen MR) is 75.3 cm³/mol. The minimum Gasteiger partial charge on any atom is -0.504 e. The Balaban J connectivity index is 2.02. The van der Waals surface area contributed by atoms with Crippen LogP contribution in [0.3, 0.4) is 0 Å². The van der Waals surface area contributed by atoms with Gasteiger partial charge in [0.25, 0.3) is 5.91 Å². The zero-order chi connectivity index (χ0) is 14.5. The van der Waals surface area contributed by atoms with Crippen LogP contribution in [0, 0.1) is 0 Å². The molecule has 2 aromatic rings. The van der Waals surface area contributed by atoms with Crippen LogP contribution in [0.1, 0.15) is 21.5 Å². The maximum absolute atomic E-state index is 11.9. The van der Waals surface area contributed by atoms with Gasteiger partial charge in [0.05, 0.1) is 0 Å². The van der Waals surface area contributed by atoms with Crippen LogP contribution in [0.15, 0.2) is 42.5 Å². The quantitative estimate of drug-likeness (QED) is 0.634. The van der Waals surface area contributed by atoms with Crippen molar-refractivity contribution < 1.29 is 15.0 Å². The SMILES string of the molecule is NCc1cccc(CNC(=O)c2ccc(O)c(O)c2)c1. The second-order valence-electron chi connectivity index (χ2n) is 4.41. The maximum atomic E-state index is 11.9. The Bertz CT molecular complexity index is 626. The molecular weight excluding hydrogens is 256 g/mol. The summed E-state index contributed by atoms with van der Waals surface area (Å²) in [7, 11) is 0. The highest BCUT2D eigenvalue weighted by molar-refractivity contribution is 5.94. The Kier molecular flexibility index (Phi) is 4.22. The molecule has 0 aliphatic heterocycles. The van der Waals surface area contributed by atoms with Gasteiger partial charge in [-0.05, 0) is 29.3 Å². The third kappa shape index (κ3) is 3.27. The molecule has 5 nitrogen and oxygen atoms in total. The highest BCUT2D eigenvalue weighted by Gasteiger charge is 2.08. The van der Waals surface area contributed by atoms with E-state index in [0.717, 1.165) is 11.1 Å². The fourth-order valence-corrected chi connectivity index (χ4v) is 1.82. The van der Waals surface area contributed by atoms with Gasteiger partial charge < -0.3 is 21.3 Å². The van der Waals surface area contributed by atoms with E-state index in [1.807, 2.05) is 24.3 Å². The average Bonchev–Trinajstić information content (AvgIpc) is 2.47. The minimum absolute atomic E-state index is 0.253. The first kappa shape index (κ1) is 13.9. The van der Waals surface area contributed by atoms with E-state index in [1.54, 1.807) is 0 Å². The van der Waals surface area contributed by atoms with Gasteiger partial charge in [0.2, 0.25) is 0 Å². The molecule has 2 aromatic carbocycles. The van der Waals surface area contributed by atoms with E-state index in [0.29, 0.717) is 13.1 Å². The van der Waals surface area contributed by atoms with Gasteiger partial charge in [-0.15, -0.1) is 0 Å². The van der Waals surface area contributed by atoms with Crippen molar-refractivity contribution in [2.75, 3.05) is 0 Å². The Hall–Kier alpha value is -2.53. The van der Waals surface area contributed by atoms with Crippen LogP contribution in [-0.2, 0) is 13.1 Å². The molecule has 0 aliphatic carbocycles. The predicted octanol–water partition coefficient (Wildman–Crippen LogP) is 1.49. The van der Waals surface area contributed by atoms with Crippen molar-refractivity contribution in [2.45, 2.75) is 13.1 Å². The summed E-state index contributed by atoms with van der Waals surface area (Å²) in [5.41, 5.74) is 7.79. The fourth-order valence-electron chi connectivity index (χ4n) is 1.82. The van der Waals surface area contributed by atoms with Crippen molar-refractivity contribution in [3.8, 4) is 11.5 Å². The molecule has 0 heterocycles. The molecule has 5 heteroatoms. The van der Waals surface area contributed by atoms with Gasteiger partial charge in [0.15, 0.2) is 11.5 Å². The molecule has 2 rings (SSSR count). The van der Waals surface area contributed by atoms with Crippen molar-refractivity contribution in [1.82, 2.24) is 5.32 Å². The first-order valence-electron chi connectivity index (χ1n) is 6.18. The van der Waals surface area contributed by atoms with Crippen LogP contribution in [0.25, 0.3) is 0 Å². The molecule has 0 radical (unpaired) electrons. The van der Waals surface area contributed by atoms with Crippen LogP contribution in [0.2, 0.25) is 0 Å². The number of phenols is 2. The number of benzene rings is 2. The summed E-state index contributed by atoms with van der Waals surface area (Å²) in [4.78, 5) is 11.9. The molecule has 0 saturated carbocycles. The molecule has 104 valence electrons. The molecule has 0 spiro atoms. The summed E-state index contributed by atoms with van der Waals surface area (Å²) in [6.07, 6.45) is 0. The zero-order valence-corrected chi connectivity index (χ0v) is 10.8. The lowest BCUT2D eigenvalue weighted by Gasteiger charge is -2.07. The van der Waals surface area contributed by atoms with Crippen LogP contribution >= 0.6 is 0 Å². The average molecular weight is 272 g/mol. The third-order valence-corrected chi connectivity index (χ3v) is 2.92. The van der Waals surface area contributed by atoms with E-state index in [4.69, 9.17) is 5.73 Å². The minimum atomic E-state index is -0.321. The van der Waals surface area contributed by atoms with E-state index < -0.39 is 0 Å². The summed E-state index contributed by atoms with van der Waals surface area (Å²) in [5.74, 6) is -0.890. The Morgan fingerprint density at radius 3 is 2.50 bits per heavy atom. The Morgan fingerprint density at radius 1 is 1.05 bits per heavy atom. The number of amides is 1. The zero-order valence-electron chi connectivity index (χ0n) is 10.8. The number of rotatable bonds is 4. The number of hydrogen-bond donors (Lipinski definition) is 4. The van der Waals surface area contributed by atoms with Crippen LogP contribution in [0.4, 0.5) is 0 Å². The van der Waals surface area contributed by atoms with E-state index in [1.165, 1.54) is 18.2 Å². The van der Waals surface area contributed by atoms with Gasteiger partial charge in [-0.3, -0.25) is 4.79 Å². The summed E-state index contributed by atoms with van der Waals surface area (Å²) in [5, 5.41) is 21.3. The standard InChI is InChI=1S/C15H16N2O3/c16-8-10-2-1-3-11(6-10)9-17-15(20)12-4-5-13(18)14(19)7-12/h1-7,18-19H,8-9,16H2,(H,17,20). The van der Waals surface area contributed by atoms with E-state index >= 15 is 0 Å². The molecular formula is C15H16N2O3. The van der Waals surface area contributed by atoms with Crippen LogP contribution in [0.5, 0.6) is 11.5 Å². The second-order valence-corrected chi connectivity index (χ2v) is 4.41. The largest absolute Gasteiger partial charge is 0.504 e. The number of hydrogen-bond acceptors (Lipinski definition) is 4. The molecule has 1 amide bonds. The molecule has 0 aromatic heterocycles. The third-order valence-electron chi connectivity index (χ3n) is 2.92. The number of aromatic hydroxyl groups is 2. The molecule has 5 N–H and O–H groups in total. The number of phenolic OH excluding ortho intramolecular Hbond substituents is 2. The molecule has 20 heavy (non-hydrogen) atoms. The van der Waals surface area contributed by atoms with Gasteiger partial charge in [0.1, 0.15) is 0 Å². The van der Waals surface area contributed by atoms with Crippen molar-refractivity contribution >= 4 is 5.91 Å². The summed E-state index contributed by atoms with van der Waals surface area (Å²) in [6.45, 7) is 0.821. The van der Waals surface area contributed by atoms with Gasteiger partial charge >= 0.3 is 0 Å². The Labute approximate surface area is 116 Å². The first-order chi connectivity index (χ1) is 9.60. The van der Waals surface area contributed by atoms with Crippen molar-refractivity contribution in [1.29, 1.82) is 0 Å². The van der Waals surface area contributed by atoms with Crippen molar-refractivity contribution in [3.05, 3.63) is 59.2 Å². The molecule has 0 saturated heterocycles. The smallest absolute Gasteiger partial charge is 0.251 e. The molecule has 0 bridgehead atoms. The molecule has 0 aliphatic rings. The second kappa shape index (κ2) is 6.08. The monoisotopic (exact) mass is 272 g/mol. The van der Waals surface area contributed by atoms with E-state index in [2.05, 4.69) is 5.32 Å². The summed E-state index contributed by atoms with van der Waals surface area (Å²) >= 11 is 0. The molecule has 0 fully saturated rings.